The molecule has 0 amide bonds. The van der Waals surface area contributed by atoms with Crippen LogP contribution in [0.25, 0.3) is 22.3 Å². The quantitative estimate of drug-likeness (QED) is 0.112. The zero-order valence-electron chi connectivity index (χ0n) is 28.2. The molecule has 4 fully saturated rings. The molecule has 2 aliphatic carbocycles. The topological polar surface area (TPSA) is 279 Å². The number of nitrogens with zero attached hydrogens (tertiary/aromatic N) is 8. The fourth-order valence-electron chi connectivity index (χ4n) is 6.67. The molecule has 0 bridgehead atoms. The van der Waals surface area contributed by atoms with Gasteiger partial charge >= 0.3 is 0 Å². The van der Waals surface area contributed by atoms with E-state index in [-0.39, 0.29) is 23.3 Å². The van der Waals surface area contributed by atoms with Gasteiger partial charge in [-0.15, -0.1) is 0 Å². The Hall–Kier alpha value is -4.50. The van der Waals surface area contributed by atoms with Crippen LogP contribution in [0.1, 0.15) is 75.5 Å². The molecule has 2 saturated heterocycles. The highest BCUT2D eigenvalue weighted by atomic mass is 16.6. The SMILES string of the molecule is Nc1nc(C#CCC2CC2)nc2c1ncn2[C@@H]1O[C@H](CO)[C@@H](O)[C@H]1O.Nc1nc(C#CCC2CCCC2)nc2c1ncn2[C@@H]1O[C@H](CO)[C@@H](O)[C@H]1O. The third kappa shape index (κ3) is 7.25. The van der Waals surface area contributed by atoms with E-state index in [2.05, 4.69) is 53.6 Å². The second-order valence-electron chi connectivity index (χ2n) is 13.6. The van der Waals surface area contributed by atoms with Gasteiger partial charge in [-0.2, -0.15) is 0 Å². The predicted molar refractivity (Wildman–Crippen MR) is 183 cm³/mol. The number of imidazole rings is 2. The molecular weight excluding hydrogens is 676 g/mol. The van der Waals surface area contributed by atoms with Crippen LogP contribution in [0.3, 0.4) is 0 Å². The third-order valence-electron chi connectivity index (χ3n) is 9.83. The molecule has 8 atom stereocenters. The zero-order chi connectivity index (χ0) is 36.5. The molecule has 8 rings (SSSR count). The van der Waals surface area contributed by atoms with E-state index in [1.807, 2.05) is 0 Å². The molecule has 4 aliphatic rings. The Morgan fingerprint density at radius 2 is 1.06 bits per heavy atom. The first kappa shape index (κ1) is 35.9. The number of ether oxygens (including phenoxy) is 2. The van der Waals surface area contributed by atoms with Crippen molar-refractivity contribution < 1.29 is 40.1 Å². The number of hydrogen-bond donors (Lipinski definition) is 8. The minimum Gasteiger partial charge on any atom is -0.394 e. The van der Waals surface area contributed by atoms with E-state index < -0.39 is 62.3 Å². The maximum Gasteiger partial charge on any atom is 0.208 e. The number of nitrogen functional groups attached to an aromatic ring is 2. The molecular formula is C34H42N10O8. The minimum atomic E-state index is -1.23. The summed E-state index contributed by atoms with van der Waals surface area (Å²) in [6, 6.07) is 0. The van der Waals surface area contributed by atoms with Crippen molar-refractivity contribution in [1.82, 2.24) is 39.0 Å². The van der Waals surface area contributed by atoms with Crippen molar-refractivity contribution in [2.45, 2.75) is 100 Å². The maximum absolute atomic E-state index is 10.3. The molecule has 0 unspecified atom stereocenters. The van der Waals surface area contributed by atoms with Crippen molar-refractivity contribution in [3.05, 3.63) is 24.3 Å². The first-order valence-electron chi connectivity index (χ1n) is 17.4. The molecule has 18 nitrogen and oxygen atoms in total. The van der Waals surface area contributed by atoms with Crippen molar-refractivity contribution in [1.29, 1.82) is 0 Å². The van der Waals surface area contributed by atoms with Gasteiger partial charge in [0.15, 0.2) is 35.4 Å². The second kappa shape index (κ2) is 15.2. The fourth-order valence-corrected chi connectivity index (χ4v) is 6.67. The smallest absolute Gasteiger partial charge is 0.208 e. The minimum absolute atomic E-state index is 0.186. The van der Waals surface area contributed by atoms with Gasteiger partial charge in [0.25, 0.3) is 0 Å². The monoisotopic (exact) mass is 718 g/mol. The molecule has 4 aromatic heterocycles. The molecule has 0 spiro atoms. The lowest BCUT2D eigenvalue weighted by Gasteiger charge is -2.16. The Morgan fingerprint density at radius 1 is 0.635 bits per heavy atom. The van der Waals surface area contributed by atoms with Gasteiger partial charge in [0.05, 0.1) is 25.9 Å². The van der Waals surface area contributed by atoms with Gasteiger partial charge in [0.2, 0.25) is 11.6 Å². The summed E-state index contributed by atoms with van der Waals surface area (Å²) >= 11 is 0. The molecule has 6 heterocycles. The molecule has 0 aromatic carbocycles. The average Bonchev–Trinajstić information content (AvgIpc) is 3.53. The standard InChI is InChI=1S/C18H23N5O4.C16H19N5O4/c19-16-13-17(22-12(21-16)7-3-6-10-4-1-2-5-10)23(9-20-13)18-15(26)14(25)11(8-24)27-18;17-14-11-15(20-10(19-14)3-1-2-8-4-5-8)21(7-18-11)16-13(24)12(23)9(6-22)25-16/h9-11,14-15,18,24-26H,1-2,4-6,8H2,(H2,19,21,22);7-9,12-13,16,22-24H,2,4-6H2,(H2,17,19,20)/t11-,14-,15-,18-;9-,12-,13-,16-/m11/s1. The number of fused-ring (bicyclic) bond motifs is 2. The van der Waals surface area contributed by atoms with E-state index in [0.717, 1.165) is 12.8 Å². The Balaban J connectivity index is 0.000000162. The Morgan fingerprint density at radius 3 is 1.44 bits per heavy atom. The van der Waals surface area contributed by atoms with Crippen LogP contribution in [-0.2, 0) is 9.47 Å². The van der Waals surface area contributed by atoms with Crippen LogP contribution in [0.2, 0.25) is 0 Å². The van der Waals surface area contributed by atoms with Crippen molar-refractivity contribution in [3.63, 3.8) is 0 Å². The summed E-state index contributed by atoms with van der Waals surface area (Å²) in [4.78, 5) is 25.5. The van der Waals surface area contributed by atoms with E-state index in [1.165, 1.54) is 60.3 Å². The Labute approximate surface area is 297 Å². The highest BCUT2D eigenvalue weighted by molar-refractivity contribution is 5.82. The number of aliphatic hydroxyl groups is 6. The summed E-state index contributed by atoms with van der Waals surface area (Å²) in [5.41, 5.74) is 13.4. The van der Waals surface area contributed by atoms with Crippen molar-refractivity contribution in [2.75, 3.05) is 24.7 Å². The summed E-state index contributed by atoms with van der Waals surface area (Å²) in [6.45, 7) is -0.813. The summed E-state index contributed by atoms with van der Waals surface area (Å²) in [5, 5.41) is 58.9. The van der Waals surface area contributed by atoms with E-state index in [1.54, 1.807) is 0 Å². The molecule has 10 N–H and O–H groups in total. The highest BCUT2D eigenvalue weighted by Gasteiger charge is 2.45. The molecule has 4 aromatic rings. The number of anilines is 2. The summed E-state index contributed by atoms with van der Waals surface area (Å²) in [6.07, 6.45) is 3.38. The van der Waals surface area contributed by atoms with E-state index in [4.69, 9.17) is 20.9 Å². The molecule has 2 aliphatic heterocycles. The molecule has 0 radical (unpaired) electrons. The van der Waals surface area contributed by atoms with Gasteiger partial charge in [-0.1, -0.05) is 24.7 Å². The van der Waals surface area contributed by atoms with Gasteiger partial charge in [0.1, 0.15) is 47.7 Å². The van der Waals surface area contributed by atoms with E-state index in [9.17, 15) is 30.6 Å². The fraction of sp³-hybridized carbons (Fsp3) is 0.588. The van der Waals surface area contributed by atoms with E-state index >= 15 is 0 Å². The lowest BCUT2D eigenvalue weighted by atomic mass is 10.1. The molecule has 276 valence electrons. The number of aromatic nitrogens is 8. The number of hydrogen-bond acceptors (Lipinski definition) is 16. The summed E-state index contributed by atoms with van der Waals surface area (Å²) in [7, 11) is 0. The second-order valence-corrected chi connectivity index (χ2v) is 13.6. The Kier molecular flexibility index (Phi) is 10.5. The predicted octanol–water partition coefficient (Wildman–Crippen LogP) is -0.877. The third-order valence-corrected chi connectivity index (χ3v) is 9.83. The van der Waals surface area contributed by atoms with Gasteiger partial charge < -0.3 is 51.6 Å². The summed E-state index contributed by atoms with van der Waals surface area (Å²) < 4.78 is 14.0. The van der Waals surface area contributed by atoms with Crippen LogP contribution < -0.4 is 11.5 Å². The van der Waals surface area contributed by atoms with Crippen LogP contribution in [0.4, 0.5) is 11.6 Å². The van der Waals surface area contributed by atoms with Gasteiger partial charge in [-0.3, -0.25) is 9.13 Å². The lowest BCUT2D eigenvalue weighted by molar-refractivity contribution is -0.0511. The first-order chi connectivity index (χ1) is 25.2. The lowest BCUT2D eigenvalue weighted by Crippen LogP contribution is -2.33. The van der Waals surface area contributed by atoms with Gasteiger partial charge in [-0.05, 0) is 49.4 Å². The van der Waals surface area contributed by atoms with Crippen molar-refractivity contribution >= 4 is 34.0 Å². The molecule has 2 saturated carbocycles. The van der Waals surface area contributed by atoms with Crippen LogP contribution in [-0.4, -0.2) is 120 Å². The van der Waals surface area contributed by atoms with E-state index in [0.29, 0.717) is 34.2 Å². The van der Waals surface area contributed by atoms with Crippen molar-refractivity contribution in [3.8, 4) is 23.7 Å². The van der Waals surface area contributed by atoms with Crippen LogP contribution in [0, 0.1) is 35.5 Å². The Bertz CT molecular complexity index is 2020. The number of aliphatic hydroxyl groups excluding tert-OH is 6. The number of nitrogens with two attached hydrogens (primary N) is 2. The largest absolute Gasteiger partial charge is 0.394 e. The molecule has 18 heteroatoms. The van der Waals surface area contributed by atoms with Crippen LogP contribution in [0.15, 0.2) is 12.7 Å². The maximum atomic E-state index is 10.3. The van der Waals surface area contributed by atoms with Crippen LogP contribution in [0.5, 0.6) is 0 Å². The van der Waals surface area contributed by atoms with Crippen LogP contribution >= 0.6 is 0 Å². The average molecular weight is 719 g/mol. The first-order valence-corrected chi connectivity index (χ1v) is 17.4. The van der Waals surface area contributed by atoms with Gasteiger partial charge in [0, 0.05) is 12.8 Å². The summed E-state index contributed by atoms with van der Waals surface area (Å²) in [5.74, 6) is 14.3. The number of rotatable bonds is 6. The zero-order valence-corrected chi connectivity index (χ0v) is 28.2. The van der Waals surface area contributed by atoms with Gasteiger partial charge in [-0.25, -0.2) is 29.9 Å². The normalized spacial score (nSPS) is 28.7. The highest BCUT2D eigenvalue weighted by Crippen LogP contribution is 2.34. The van der Waals surface area contributed by atoms with Crippen molar-refractivity contribution in [2.24, 2.45) is 11.8 Å². The molecule has 52 heavy (non-hydrogen) atoms.